The van der Waals surface area contributed by atoms with E-state index in [4.69, 9.17) is 21.1 Å². The molecule has 0 fully saturated rings. The van der Waals surface area contributed by atoms with Gasteiger partial charge in [-0.1, -0.05) is 54.1 Å². The van der Waals surface area contributed by atoms with Crippen LogP contribution in [-0.4, -0.2) is 19.0 Å². The average Bonchev–Trinajstić information content (AvgIpc) is 2.69. The van der Waals surface area contributed by atoms with Crippen molar-refractivity contribution in [2.24, 2.45) is 0 Å². The molecule has 0 radical (unpaired) electrons. The van der Waals surface area contributed by atoms with Gasteiger partial charge in [-0.3, -0.25) is 4.79 Å². The lowest BCUT2D eigenvalue weighted by Gasteiger charge is -2.17. The van der Waals surface area contributed by atoms with E-state index in [2.05, 4.69) is 0 Å². The van der Waals surface area contributed by atoms with Gasteiger partial charge in [-0.05, 0) is 38.1 Å². The number of carbonyl (C=O) groups is 1. The van der Waals surface area contributed by atoms with E-state index in [9.17, 15) is 4.79 Å². The zero-order valence-electron chi connectivity index (χ0n) is 15.4. The number of benzene rings is 3. The van der Waals surface area contributed by atoms with Crippen molar-refractivity contribution in [1.29, 1.82) is 0 Å². The first kappa shape index (κ1) is 19.0. The van der Waals surface area contributed by atoms with Crippen LogP contribution in [0.1, 0.15) is 29.8 Å². The minimum absolute atomic E-state index is 0.167. The highest BCUT2D eigenvalue weighted by Crippen LogP contribution is 2.39. The molecular formula is C23H21ClO3. The van der Waals surface area contributed by atoms with Crippen LogP contribution in [-0.2, 0) is 0 Å². The topological polar surface area (TPSA) is 35.5 Å². The van der Waals surface area contributed by atoms with Crippen LogP contribution in [0.4, 0.5) is 0 Å². The summed E-state index contributed by atoms with van der Waals surface area (Å²) >= 11 is 6.24. The molecule has 0 unspecified atom stereocenters. The summed E-state index contributed by atoms with van der Waals surface area (Å²) in [5, 5.41) is 0.421. The second-order valence-corrected chi connectivity index (χ2v) is 6.26. The molecule has 0 aliphatic carbocycles. The molecular weight excluding hydrogens is 360 g/mol. The van der Waals surface area contributed by atoms with Gasteiger partial charge in [0, 0.05) is 16.7 Å². The third-order valence-electron chi connectivity index (χ3n) is 4.14. The van der Waals surface area contributed by atoms with Crippen LogP contribution >= 0.6 is 11.6 Å². The summed E-state index contributed by atoms with van der Waals surface area (Å²) in [7, 11) is 0. The van der Waals surface area contributed by atoms with Gasteiger partial charge in [0.1, 0.15) is 11.5 Å². The third kappa shape index (κ3) is 3.99. The van der Waals surface area contributed by atoms with E-state index in [1.54, 1.807) is 30.3 Å². The van der Waals surface area contributed by atoms with Crippen LogP contribution in [0.3, 0.4) is 0 Å². The summed E-state index contributed by atoms with van der Waals surface area (Å²) in [6.45, 7) is 4.84. The largest absolute Gasteiger partial charge is 0.493 e. The van der Waals surface area contributed by atoms with E-state index in [-0.39, 0.29) is 5.78 Å². The molecule has 0 heterocycles. The minimum Gasteiger partial charge on any atom is -0.493 e. The fraction of sp³-hybridized carbons (Fsp3) is 0.174. The van der Waals surface area contributed by atoms with E-state index < -0.39 is 0 Å². The molecule has 0 aliphatic heterocycles. The molecule has 0 aromatic heterocycles. The van der Waals surface area contributed by atoms with E-state index >= 15 is 0 Å². The molecule has 4 heteroatoms. The van der Waals surface area contributed by atoms with Crippen molar-refractivity contribution in [1.82, 2.24) is 0 Å². The van der Waals surface area contributed by atoms with Gasteiger partial charge < -0.3 is 9.47 Å². The first-order valence-electron chi connectivity index (χ1n) is 8.94. The number of rotatable bonds is 7. The van der Waals surface area contributed by atoms with E-state index in [1.807, 2.05) is 50.2 Å². The molecule has 0 spiro atoms. The number of halogens is 1. The molecule has 27 heavy (non-hydrogen) atoms. The van der Waals surface area contributed by atoms with E-state index in [1.165, 1.54) is 0 Å². The van der Waals surface area contributed by atoms with E-state index in [0.29, 0.717) is 35.1 Å². The van der Waals surface area contributed by atoms with Crippen molar-refractivity contribution in [3.05, 3.63) is 82.9 Å². The van der Waals surface area contributed by atoms with Crippen molar-refractivity contribution >= 4 is 17.4 Å². The Hall–Kier alpha value is -2.78. The molecule has 3 aromatic rings. The predicted molar refractivity (Wildman–Crippen MR) is 109 cm³/mol. The molecule has 0 aliphatic rings. The predicted octanol–water partition coefficient (Wildman–Crippen LogP) is 6.04. The first-order chi connectivity index (χ1) is 13.2. The SMILES string of the molecule is CCOc1ccccc1-c1cccc(C(=O)c2ccccc2Cl)c1OCC. The summed E-state index contributed by atoms with van der Waals surface area (Å²) in [5.41, 5.74) is 2.64. The maximum absolute atomic E-state index is 13.2. The van der Waals surface area contributed by atoms with Gasteiger partial charge in [-0.15, -0.1) is 0 Å². The molecule has 0 N–H and O–H groups in total. The number of ketones is 1. The molecule has 3 rings (SSSR count). The average molecular weight is 381 g/mol. The Morgan fingerprint density at radius 1 is 0.778 bits per heavy atom. The van der Waals surface area contributed by atoms with Crippen molar-refractivity contribution in [2.75, 3.05) is 13.2 Å². The Labute approximate surface area is 164 Å². The molecule has 0 amide bonds. The molecule has 3 aromatic carbocycles. The van der Waals surface area contributed by atoms with E-state index in [0.717, 1.165) is 16.9 Å². The smallest absolute Gasteiger partial charge is 0.198 e. The summed E-state index contributed by atoms with van der Waals surface area (Å²) in [4.78, 5) is 13.2. The van der Waals surface area contributed by atoms with Crippen LogP contribution < -0.4 is 9.47 Å². The molecule has 0 atom stereocenters. The zero-order valence-corrected chi connectivity index (χ0v) is 16.1. The van der Waals surface area contributed by atoms with Gasteiger partial charge in [0.25, 0.3) is 0 Å². The zero-order chi connectivity index (χ0) is 19.2. The van der Waals surface area contributed by atoms with Crippen LogP contribution in [0.25, 0.3) is 11.1 Å². The Kier molecular flexibility index (Phi) is 6.15. The lowest BCUT2D eigenvalue weighted by atomic mass is 9.96. The Balaban J connectivity index is 2.17. The standard InChI is InChI=1S/C23H21ClO3/c1-3-26-21-15-8-6-10-16(21)17-12-9-13-19(23(17)27-4-2)22(25)18-11-5-7-14-20(18)24/h5-15H,3-4H2,1-2H3. The lowest BCUT2D eigenvalue weighted by Crippen LogP contribution is -2.07. The van der Waals surface area contributed by atoms with Gasteiger partial charge in [0.2, 0.25) is 0 Å². The number of hydrogen-bond donors (Lipinski definition) is 0. The maximum Gasteiger partial charge on any atom is 0.198 e. The first-order valence-corrected chi connectivity index (χ1v) is 9.32. The summed E-state index contributed by atoms with van der Waals surface area (Å²) in [5.74, 6) is 1.13. The minimum atomic E-state index is -0.167. The van der Waals surface area contributed by atoms with Crippen molar-refractivity contribution in [3.8, 4) is 22.6 Å². The summed E-state index contributed by atoms with van der Waals surface area (Å²) in [6.07, 6.45) is 0. The Morgan fingerprint density at radius 3 is 2.15 bits per heavy atom. The molecule has 0 saturated carbocycles. The van der Waals surface area contributed by atoms with Crippen molar-refractivity contribution in [3.63, 3.8) is 0 Å². The molecule has 138 valence electrons. The normalized spacial score (nSPS) is 10.5. The third-order valence-corrected chi connectivity index (χ3v) is 4.47. The van der Waals surface area contributed by atoms with Crippen molar-refractivity contribution in [2.45, 2.75) is 13.8 Å². The van der Waals surface area contributed by atoms with Gasteiger partial charge in [0.15, 0.2) is 5.78 Å². The summed E-state index contributed by atoms with van der Waals surface area (Å²) < 4.78 is 11.7. The van der Waals surface area contributed by atoms with Crippen LogP contribution in [0.5, 0.6) is 11.5 Å². The van der Waals surface area contributed by atoms with Gasteiger partial charge in [-0.2, -0.15) is 0 Å². The number of para-hydroxylation sites is 2. The number of ether oxygens (including phenoxy) is 2. The van der Waals surface area contributed by atoms with Crippen LogP contribution in [0.2, 0.25) is 5.02 Å². The highest BCUT2D eigenvalue weighted by Gasteiger charge is 2.21. The lowest BCUT2D eigenvalue weighted by molar-refractivity contribution is 0.103. The fourth-order valence-corrected chi connectivity index (χ4v) is 3.21. The second-order valence-electron chi connectivity index (χ2n) is 5.85. The molecule has 0 bridgehead atoms. The number of carbonyl (C=O) groups excluding carboxylic acids is 1. The van der Waals surface area contributed by atoms with Crippen LogP contribution in [0, 0.1) is 0 Å². The maximum atomic E-state index is 13.2. The van der Waals surface area contributed by atoms with Gasteiger partial charge >= 0.3 is 0 Å². The Morgan fingerprint density at radius 2 is 1.41 bits per heavy atom. The van der Waals surface area contributed by atoms with Crippen molar-refractivity contribution < 1.29 is 14.3 Å². The van der Waals surface area contributed by atoms with Gasteiger partial charge in [0.05, 0.1) is 23.8 Å². The molecule has 0 saturated heterocycles. The van der Waals surface area contributed by atoms with Gasteiger partial charge in [-0.25, -0.2) is 0 Å². The monoisotopic (exact) mass is 380 g/mol. The Bertz CT molecular complexity index is 950. The highest BCUT2D eigenvalue weighted by atomic mass is 35.5. The highest BCUT2D eigenvalue weighted by molar-refractivity contribution is 6.35. The quantitative estimate of drug-likeness (QED) is 0.469. The van der Waals surface area contributed by atoms with Crippen LogP contribution in [0.15, 0.2) is 66.7 Å². The number of hydrogen-bond acceptors (Lipinski definition) is 3. The second kappa shape index (κ2) is 8.74. The molecule has 3 nitrogen and oxygen atoms in total. The summed E-state index contributed by atoms with van der Waals surface area (Å²) in [6, 6.07) is 20.3. The fourth-order valence-electron chi connectivity index (χ4n) is 2.99.